The van der Waals surface area contributed by atoms with Crippen molar-refractivity contribution >= 4 is 22.1 Å². The Kier molecular flexibility index (Phi) is 10.5. The van der Waals surface area contributed by atoms with Gasteiger partial charge in [-0.25, -0.2) is 4.98 Å². The number of hydrogen-bond acceptors (Lipinski definition) is 12. The first kappa shape index (κ1) is 33.8. The van der Waals surface area contributed by atoms with Crippen molar-refractivity contribution in [2.24, 2.45) is 5.73 Å². The summed E-state index contributed by atoms with van der Waals surface area (Å²) in [6.45, 7) is 8.62. The molecule has 2 fully saturated rings. The molecule has 4 atom stereocenters. The van der Waals surface area contributed by atoms with Gasteiger partial charge >= 0.3 is 0 Å². The topological polar surface area (TPSA) is 153 Å². The third kappa shape index (κ3) is 6.65. The fraction of sp³-hybridized carbons (Fsp3) is 0.657. The van der Waals surface area contributed by atoms with Crippen molar-refractivity contribution < 1.29 is 19.0 Å². The number of thiophene rings is 1. The number of Topliss-reactive ketones (excluding diaryl/α,β-unsaturated/α-hetero) is 1. The summed E-state index contributed by atoms with van der Waals surface area (Å²) in [6.07, 6.45) is 6.59. The number of nitrogen functional groups attached to an aromatic ring is 1. The summed E-state index contributed by atoms with van der Waals surface area (Å²) in [7, 11) is 3.85. The Morgan fingerprint density at radius 3 is 2.72 bits per heavy atom. The summed E-state index contributed by atoms with van der Waals surface area (Å²) in [4.78, 5) is 30.5. The van der Waals surface area contributed by atoms with E-state index < -0.39 is 0 Å². The number of carbonyl (C=O) groups excluding carboxylic acids is 1. The fourth-order valence-corrected chi connectivity index (χ4v) is 9.00. The average molecular weight is 664 g/mol. The van der Waals surface area contributed by atoms with Crippen molar-refractivity contribution in [2.75, 3.05) is 52.8 Å². The van der Waals surface area contributed by atoms with Crippen LogP contribution in [0, 0.1) is 11.3 Å². The highest BCUT2D eigenvalue weighted by molar-refractivity contribution is 7.16. The van der Waals surface area contributed by atoms with Crippen LogP contribution in [0.4, 0.5) is 5.00 Å². The van der Waals surface area contributed by atoms with Crippen LogP contribution in [0.5, 0.6) is 5.88 Å². The molecule has 5 heterocycles. The van der Waals surface area contributed by atoms with Gasteiger partial charge in [0.25, 0.3) is 0 Å². The molecule has 47 heavy (non-hydrogen) atoms. The van der Waals surface area contributed by atoms with Gasteiger partial charge in [-0.15, -0.1) is 11.3 Å². The number of anilines is 1. The normalized spacial score (nSPS) is 24.5. The number of ether oxygens (including phenoxy) is 3. The number of aromatic nitrogens is 2. The number of carbonyl (C=O) groups is 1. The van der Waals surface area contributed by atoms with E-state index in [9.17, 15) is 10.1 Å². The summed E-state index contributed by atoms with van der Waals surface area (Å²) in [6, 6.07) is 2.91. The van der Waals surface area contributed by atoms with E-state index in [-0.39, 0.29) is 35.6 Å². The number of allylic oxidation sites excluding steroid dienone is 2. The smallest absolute Gasteiger partial charge is 0.228 e. The largest absolute Gasteiger partial charge is 0.473 e. The first-order chi connectivity index (χ1) is 22.7. The molecule has 4 aliphatic rings. The number of aryl methyl sites for hydroxylation is 1. The molecular formula is C35H49N7O4S. The lowest BCUT2D eigenvalue weighted by molar-refractivity contribution is -0.0735. The van der Waals surface area contributed by atoms with Crippen LogP contribution in [-0.4, -0.2) is 90.8 Å². The number of nitrogens with two attached hydrogens (primary N) is 2. The summed E-state index contributed by atoms with van der Waals surface area (Å²) >= 11 is 1.47. The van der Waals surface area contributed by atoms with E-state index in [4.69, 9.17) is 35.6 Å². The van der Waals surface area contributed by atoms with E-state index in [1.54, 1.807) is 7.11 Å². The van der Waals surface area contributed by atoms with Crippen molar-refractivity contribution in [3.05, 3.63) is 44.4 Å². The Labute approximate surface area is 282 Å². The summed E-state index contributed by atoms with van der Waals surface area (Å²) < 4.78 is 17.8. The number of likely N-dealkylation sites (tertiary alicyclic amines) is 1. The van der Waals surface area contributed by atoms with Crippen LogP contribution >= 0.6 is 11.3 Å². The molecule has 0 amide bonds. The number of hydrogen-bond donors (Lipinski definition) is 2. The molecule has 0 bridgehead atoms. The molecule has 11 nitrogen and oxygen atoms in total. The standard InChI is InChI=1S/C35H49N7O4S/c1-5-8-24(30(37)23-9-6-11-28-29(23)25(15-36)33(38)47-28)32(43)34-39-31-21(12-14-44-4)16-42(22-18-45-19-22)17-26(31)35(40-34)46-20(2)27-10-7-13-41(27)3/h20-23,27H,5-14,16-19,37-38H2,1-4H3/b30-24-/t20?,21-,23?,27?/m0/s1. The number of likely N-dealkylation sites (N-methyl/N-ethyl adjacent to an activating group) is 1. The minimum absolute atomic E-state index is 0.0458. The number of ketones is 1. The fourth-order valence-electron chi connectivity index (χ4n) is 7.87. The van der Waals surface area contributed by atoms with Crippen molar-refractivity contribution in [1.29, 1.82) is 5.26 Å². The zero-order valence-corrected chi connectivity index (χ0v) is 29.0. The molecule has 0 saturated carbocycles. The molecule has 6 rings (SSSR count). The summed E-state index contributed by atoms with van der Waals surface area (Å²) in [5, 5.41) is 10.5. The molecule has 1 aliphatic carbocycles. The van der Waals surface area contributed by atoms with Gasteiger partial charge in [0, 0.05) is 60.8 Å². The predicted octanol–water partition coefficient (Wildman–Crippen LogP) is 4.50. The van der Waals surface area contributed by atoms with Crippen LogP contribution in [-0.2, 0) is 22.4 Å². The Bertz CT molecular complexity index is 1550. The lowest BCUT2D eigenvalue weighted by Crippen LogP contribution is -2.52. The molecule has 2 aromatic heterocycles. The van der Waals surface area contributed by atoms with E-state index in [1.165, 1.54) is 11.3 Å². The van der Waals surface area contributed by atoms with Gasteiger partial charge in [-0.05, 0) is 71.0 Å². The van der Waals surface area contributed by atoms with Crippen molar-refractivity contribution in [3.63, 3.8) is 0 Å². The quantitative estimate of drug-likeness (QED) is 0.244. The van der Waals surface area contributed by atoms with Gasteiger partial charge < -0.3 is 25.7 Å². The van der Waals surface area contributed by atoms with Gasteiger partial charge in [0.05, 0.1) is 36.1 Å². The Morgan fingerprint density at radius 2 is 2.06 bits per heavy atom. The predicted molar refractivity (Wildman–Crippen MR) is 182 cm³/mol. The zero-order chi connectivity index (χ0) is 33.2. The number of rotatable bonds is 12. The molecule has 12 heteroatoms. The number of methoxy groups -OCH3 is 1. The molecule has 3 unspecified atom stereocenters. The average Bonchev–Trinajstić information content (AvgIpc) is 3.62. The van der Waals surface area contributed by atoms with Gasteiger partial charge in [0.1, 0.15) is 17.2 Å². The molecule has 4 N–H and O–H groups in total. The van der Waals surface area contributed by atoms with E-state index >= 15 is 0 Å². The number of nitrogens with zero attached hydrogens (tertiary/aromatic N) is 5. The summed E-state index contributed by atoms with van der Waals surface area (Å²) in [5.74, 6) is 0.152. The summed E-state index contributed by atoms with van der Waals surface area (Å²) in [5.41, 5.74) is 17.5. The Balaban J connectivity index is 1.43. The third-order valence-corrected chi connectivity index (χ3v) is 11.6. The third-order valence-electron chi connectivity index (χ3n) is 10.5. The molecule has 3 aliphatic heterocycles. The molecule has 0 spiro atoms. The monoisotopic (exact) mass is 663 g/mol. The second-order valence-corrected chi connectivity index (χ2v) is 14.7. The van der Waals surface area contributed by atoms with E-state index in [0.717, 1.165) is 79.7 Å². The number of fused-ring (bicyclic) bond motifs is 2. The van der Waals surface area contributed by atoms with Crippen LogP contribution in [0.2, 0.25) is 0 Å². The lowest BCUT2D eigenvalue weighted by atomic mass is 9.80. The molecule has 2 saturated heterocycles. The Hall–Kier alpha value is -3.08. The lowest BCUT2D eigenvalue weighted by Gasteiger charge is -2.42. The molecule has 0 aromatic carbocycles. The second-order valence-electron chi connectivity index (χ2n) is 13.6. The second kappa shape index (κ2) is 14.6. The Morgan fingerprint density at radius 1 is 1.26 bits per heavy atom. The SMILES string of the molecule is CCC/C(C(=O)c1nc(OC(C)C2CCCN2C)c2c(n1)[C@@H](CCOC)CN(C1COC1)C2)=C(/N)C1CCCc2sc(N)c(C#N)c21. The molecule has 254 valence electrons. The maximum atomic E-state index is 14.6. The van der Waals surface area contributed by atoms with Crippen LogP contribution in [0.3, 0.4) is 0 Å². The highest BCUT2D eigenvalue weighted by atomic mass is 32.1. The van der Waals surface area contributed by atoms with Crippen LogP contribution < -0.4 is 16.2 Å². The van der Waals surface area contributed by atoms with Gasteiger partial charge in [-0.2, -0.15) is 10.2 Å². The molecular weight excluding hydrogens is 614 g/mol. The molecule has 2 aromatic rings. The minimum Gasteiger partial charge on any atom is -0.473 e. The van der Waals surface area contributed by atoms with Gasteiger partial charge in [-0.3, -0.25) is 14.6 Å². The van der Waals surface area contributed by atoms with Crippen LogP contribution in [0.25, 0.3) is 0 Å². The first-order valence-corrected chi connectivity index (χ1v) is 18.0. The van der Waals surface area contributed by atoms with E-state index in [1.807, 2.05) is 6.92 Å². The van der Waals surface area contributed by atoms with Crippen LogP contribution in [0.15, 0.2) is 11.3 Å². The van der Waals surface area contributed by atoms with Gasteiger partial charge in [-0.1, -0.05) is 13.3 Å². The van der Waals surface area contributed by atoms with Crippen molar-refractivity contribution in [3.8, 4) is 11.9 Å². The number of nitriles is 1. The van der Waals surface area contributed by atoms with Crippen molar-refractivity contribution in [1.82, 2.24) is 19.8 Å². The van der Waals surface area contributed by atoms with Gasteiger partial charge in [0.2, 0.25) is 17.5 Å². The highest BCUT2D eigenvalue weighted by Crippen LogP contribution is 2.45. The highest BCUT2D eigenvalue weighted by Gasteiger charge is 2.39. The van der Waals surface area contributed by atoms with E-state index in [2.05, 4.69) is 29.8 Å². The van der Waals surface area contributed by atoms with Gasteiger partial charge in [0.15, 0.2) is 0 Å². The molecule has 0 radical (unpaired) electrons. The van der Waals surface area contributed by atoms with Crippen LogP contribution in [0.1, 0.15) is 109 Å². The maximum absolute atomic E-state index is 14.6. The van der Waals surface area contributed by atoms with E-state index in [0.29, 0.717) is 66.5 Å². The minimum atomic E-state index is -0.267. The zero-order valence-electron chi connectivity index (χ0n) is 28.2. The maximum Gasteiger partial charge on any atom is 0.228 e. The van der Waals surface area contributed by atoms with Crippen molar-refractivity contribution in [2.45, 2.75) is 102 Å². The first-order valence-electron chi connectivity index (χ1n) is 17.2.